The topological polar surface area (TPSA) is 17.1 Å². The monoisotopic (exact) mass is 306 g/mol. The summed E-state index contributed by atoms with van der Waals surface area (Å²) in [5, 5.41) is 2.70. The fourth-order valence-corrected chi connectivity index (χ4v) is 5.80. The highest BCUT2D eigenvalue weighted by Crippen LogP contribution is 2.43. The van der Waals surface area contributed by atoms with Crippen LogP contribution in [0.15, 0.2) is 78.9 Å². The van der Waals surface area contributed by atoms with Gasteiger partial charge in [-0.2, -0.15) is 0 Å². The zero-order valence-electron chi connectivity index (χ0n) is 12.9. The highest BCUT2D eigenvalue weighted by atomic mass is 31.2. The third-order valence-electron chi connectivity index (χ3n) is 3.94. The van der Waals surface area contributed by atoms with Crippen LogP contribution < -0.4 is 15.9 Å². The second-order valence-electron chi connectivity index (χ2n) is 5.57. The predicted octanol–water partition coefficient (Wildman–Crippen LogP) is 3.94. The minimum atomic E-state index is -2.84. The van der Waals surface area contributed by atoms with Crippen LogP contribution in [0.2, 0.25) is 0 Å². The molecule has 22 heavy (non-hydrogen) atoms. The van der Waals surface area contributed by atoms with Crippen LogP contribution in [-0.2, 0) is 4.57 Å². The molecule has 1 atom stereocenters. The number of hydrogen-bond donors (Lipinski definition) is 0. The summed E-state index contributed by atoms with van der Waals surface area (Å²) in [5.74, 6) is 0. The van der Waals surface area contributed by atoms with Gasteiger partial charge < -0.3 is 4.57 Å². The van der Waals surface area contributed by atoms with Crippen molar-refractivity contribution in [2.45, 2.75) is 13.8 Å². The van der Waals surface area contributed by atoms with Crippen molar-refractivity contribution < 1.29 is 4.57 Å². The maximum atomic E-state index is 14.2. The van der Waals surface area contributed by atoms with Crippen LogP contribution in [0.25, 0.3) is 0 Å². The van der Waals surface area contributed by atoms with E-state index in [1.54, 1.807) is 0 Å². The first kappa shape index (κ1) is 14.8. The summed E-state index contributed by atoms with van der Waals surface area (Å²) < 4.78 is 14.2. The van der Waals surface area contributed by atoms with Crippen LogP contribution in [0.3, 0.4) is 0 Å². The minimum Gasteiger partial charge on any atom is -0.309 e. The predicted molar refractivity (Wildman–Crippen MR) is 95.3 cm³/mol. The van der Waals surface area contributed by atoms with Crippen molar-refractivity contribution in [3.8, 4) is 0 Å². The molecule has 0 aliphatic carbocycles. The molecule has 3 aromatic carbocycles. The van der Waals surface area contributed by atoms with Gasteiger partial charge in [-0.1, -0.05) is 78.4 Å². The molecule has 0 aliphatic rings. The van der Waals surface area contributed by atoms with Gasteiger partial charge in [0.05, 0.1) is 0 Å². The average Bonchev–Trinajstić information content (AvgIpc) is 2.55. The first-order valence-corrected chi connectivity index (χ1v) is 9.12. The van der Waals surface area contributed by atoms with E-state index in [0.717, 1.165) is 27.0 Å². The number of hydrogen-bond acceptors (Lipinski definition) is 1. The van der Waals surface area contributed by atoms with E-state index in [9.17, 15) is 4.57 Å². The van der Waals surface area contributed by atoms with Crippen LogP contribution in [0.1, 0.15) is 11.1 Å². The molecule has 0 fully saturated rings. The van der Waals surface area contributed by atoms with Crippen LogP contribution in [0.5, 0.6) is 0 Å². The van der Waals surface area contributed by atoms with E-state index in [1.165, 1.54) is 0 Å². The molecule has 0 spiro atoms. The molecule has 0 unspecified atom stereocenters. The Kier molecular flexibility index (Phi) is 4.00. The first-order valence-electron chi connectivity index (χ1n) is 7.41. The molecule has 3 aromatic rings. The molecule has 3 rings (SSSR count). The first-order chi connectivity index (χ1) is 10.6. The van der Waals surface area contributed by atoms with Crippen molar-refractivity contribution >= 4 is 23.1 Å². The van der Waals surface area contributed by atoms with Gasteiger partial charge in [0.2, 0.25) is 0 Å². The summed E-state index contributed by atoms with van der Waals surface area (Å²) >= 11 is 0. The quantitative estimate of drug-likeness (QED) is 0.670. The molecule has 0 saturated heterocycles. The van der Waals surface area contributed by atoms with Gasteiger partial charge in [0, 0.05) is 15.9 Å². The summed E-state index contributed by atoms with van der Waals surface area (Å²) in [7, 11) is -2.84. The Morgan fingerprint density at radius 1 is 0.682 bits per heavy atom. The van der Waals surface area contributed by atoms with Crippen LogP contribution in [0, 0.1) is 13.8 Å². The Labute approximate surface area is 132 Å². The standard InChI is InChI=1S/C20H19OP/c1-16-9-8-13-19(15-16)22(21,18-11-4-3-5-12-18)20-14-7-6-10-17(20)2/h3-15H,1-2H3/t22-/m1/s1. The molecule has 2 heteroatoms. The molecule has 0 aliphatic heterocycles. The zero-order chi connectivity index (χ0) is 15.6. The summed E-state index contributed by atoms with van der Waals surface area (Å²) in [6.45, 7) is 4.07. The molecule has 1 nitrogen and oxygen atoms in total. The van der Waals surface area contributed by atoms with Crippen molar-refractivity contribution in [3.05, 3.63) is 90.0 Å². The van der Waals surface area contributed by atoms with E-state index in [-0.39, 0.29) is 0 Å². The van der Waals surface area contributed by atoms with E-state index < -0.39 is 7.14 Å². The van der Waals surface area contributed by atoms with E-state index >= 15 is 0 Å². The summed E-state index contributed by atoms with van der Waals surface area (Å²) in [6, 6.07) is 25.8. The summed E-state index contributed by atoms with van der Waals surface area (Å²) in [5.41, 5.74) is 2.19. The summed E-state index contributed by atoms with van der Waals surface area (Å²) in [6.07, 6.45) is 0. The average molecular weight is 306 g/mol. The van der Waals surface area contributed by atoms with Crippen molar-refractivity contribution in [2.75, 3.05) is 0 Å². The van der Waals surface area contributed by atoms with Crippen molar-refractivity contribution in [2.24, 2.45) is 0 Å². The van der Waals surface area contributed by atoms with Crippen molar-refractivity contribution in [1.29, 1.82) is 0 Å². The Morgan fingerprint density at radius 3 is 2.00 bits per heavy atom. The smallest absolute Gasteiger partial charge is 0.171 e. The number of aryl methyl sites for hydroxylation is 2. The molecule has 0 saturated carbocycles. The second kappa shape index (κ2) is 5.94. The van der Waals surface area contributed by atoms with Crippen LogP contribution in [-0.4, -0.2) is 0 Å². The van der Waals surface area contributed by atoms with Gasteiger partial charge in [-0.3, -0.25) is 0 Å². The highest BCUT2D eigenvalue weighted by Gasteiger charge is 2.30. The van der Waals surface area contributed by atoms with Crippen molar-refractivity contribution in [3.63, 3.8) is 0 Å². The van der Waals surface area contributed by atoms with E-state index in [2.05, 4.69) is 0 Å². The molecular formula is C20H19OP. The Hall–Kier alpha value is -2.11. The maximum Gasteiger partial charge on any atom is 0.171 e. The molecular weight excluding hydrogens is 287 g/mol. The lowest BCUT2D eigenvalue weighted by Gasteiger charge is -2.22. The lowest BCUT2D eigenvalue weighted by molar-refractivity contribution is 0.592. The minimum absolute atomic E-state index is 0.884. The summed E-state index contributed by atoms with van der Waals surface area (Å²) in [4.78, 5) is 0. The molecule has 110 valence electrons. The zero-order valence-corrected chi connectivity index (χ0v) is 13.8. The number of benzene rings is 3. The molecule has 0 heterocycles. The van der Waals surface area contributed by atoms with E-state index in [4.69, 9.17) is 0 Å². The molecule has 0 amide bonds. The van der Waals surface area contributed by atoms with E-state index in [1.807, 2.05) is 92.7 Å². The largest absolute Gasteiger partial charge is 0.309 e. The Morgan fingerprint density at radius 2 is 1.32 bits per heavy atom. The fraction of sp³-hybridized carbons (Fsp3) is 0.100. The van der Waals surface area contributed by atoms with Gasteiger partial charge in [0.25, 0.3) is 0 Å². The van der Waals surface area contributed by atoms with Crippen molar-refractivity contribution in [1.82, 2.24) is 0 Å². The third-order valence-corrected chi connectivity index (χ3v) is 7.15. The van der Waals surface area contributed by atoms with E-state index in [0.29, 0.717) is 0 Å². The molecule has 0 radical (unpaired) electrons. The fourth-order valence-electron chi connectivity index (χ4n) is 2.81. The molecule has 0 aromatic heterocycles. The molecule has 0 N–H and O–H groups in total. The highest BCUT2D eigenvalue weighted by molar-refractivity contribution is 7.85. The van der Waals surface area contributed by atoms with Gasteiger partial charge in [-0.25, -0.2) is 0 Å². The van der Waals surface area contributed by atoms with Gasteiger partial charge in [-0.15, -0.1) is 0 Å². The van der Waals surface area contributed by atoms with Gasteiger partial charge in [0.15, 0.2) is 7.14 Å². The van der Waals surface area contributed by atoms with Gasteiger partial charge >= 0.3 is 0 Å². The third kappa shape index (κ3) is 2.53. The van der Waals surface area contributed by atoms with Crippen LogP contribution in [0.4, 0.5) is 0 Å². The normalized spacial score (nSPS) is 13.5. The Bertz CT molecular complexity index is 837. The van der Waals surface area contributed by atoms with Gasteiger partial charge in [0.1, 0.15) is 0 Å². The Balaban J connectivity index is 2.33. The lowest BCUT2D eigenvalue weighted by atomic mass is 10.2. The lowest BCUT2D eigenvalue weighted by Crippen LogP contribution is -2.26. The number of rotatable bonds is 3. The maximum absolute atomic E-state index is 14.2. The van der Waals surface area contributed by atoms with Gasteiger partial charge in [-0.05, 0) is 25.5 Å². The SMILES string of the molecule is Cc1cccc([P@](=O)(c2ccccc2)c2ccccc2C)c1. The molecule has 0 bridgehead atoms. The second-order valence-corrected chi connectivity index (χ2v) is 8.30. The van der Waals surface area contributed by atoms with Crippen LogP contribution >= 0.6 is 7.14 Å².